The van der Waals surface area contributed by atoms with E-state index < -0.39 is 0 Å². The second kappa shape index (κ2) is 6.91. The van der Waals surface area contributed by atoms with Gasteiger partial charge in [-0.2, -0.15) is 0 Å². The van der Waals surface area contributed by atoms with Crippen LogP contribution in [-0.4, -0.2) is 0 Å². The first kappa shape index (κ1) is 17.8. The summed E-state index contributed by atoms with van der Waals surface area (Å²) in [7, 11) is 0. The standard InChI is InChI=1S/C23H32/c1-16(2)23(6,7)15-22-11-17(3)10-21(14-22)13-20-9-8-18(4)19(5)12-20/h8-12,14,16H,13,15H2,1-7H3. The van der Waals surface area contributed by atoms with Crippen LogP contribution in [0.1, 0.15) is 61.1 Å². The summed E-state index contributed by atoms with van der Waals surface area (Å²) in [6.07, 6.45) is 2.17. The summed E-state index contributed by atoms with van der Waals surface area (Å²) in [6, 6.07) is 13.9. The molecule has 2 rings (SSSR count). The second-order valence-electron chi connectivity index (χ2n) is 8.24. The molecule has 0 saturated carbocycles. The molecule has 0 fully saturated rings. The Morgan fingerprint density at radius 1 is 0.783 bits per heavy atom. The summed E-state index contributed by atoms with van der Waals surface area (Å²) in [5, 5.41) is 0. The smallest absolute Gasteiger partial charge is 0.00255 e. The van der Waals surface area contributed by atoms with Gasteiger partial charge in [0.2, 0.25) is 0 Å². The third-order valence-corrected chi connectivity index (χ3v) is 5.40. The highest BCUT2D eigenvalue weighted by Crippen LogP contribution is 2.31. The van der Waals surface area contributed by atoms with Crippen molar-refractivity contribution in [1.82, 2.24) is 0 Å². The summed E-state index contributed by atoms with van der Waals surface area (Å²) < 4.78 is 0. The topological polar surface area (TPSA) is 0 Å². The number of hydrogen-bond donors (Lipinski definition) is 0. The van der Waals surface area contributed by atoms with Gasteiger partial charge in [0, 0.05) is 0 Å². The lowest BCUT2D eigenvalue weighted by Crippen LogP contribution is -2.22. The molecule has 0 saturated heterocycles. The average Bonchev–Trinajstić information content (AvgIpc) is 2.41. The lowest BCUT2D eigenvalue weighted by Gasteiger charge is -2.29. The molecule has 0 bridgehead atoms. The Labute approximate surface area is 143 Å². The molecule has 2 aromatic carbocycles. The quantitative estimate of drug-likeness (QED) is 0.597. The SMILES string of the molecule is Cc1cc(Cc2ccc(C)c(C)c2)cc(CC(C)(C)C(C)C)c1. The first-order chi connectivity index (χ1) is 10.7. The molecule has 0 heterocycles. The minimum Gasteiger partial charge on any atom is -0.0623 e. The number of benzene rings is 2. The molecule has 0 spiro atoms. The molecule has 0 atom stereocenters. The minimum absolute atomic E-state index is 0.339. The van der Waals surface area contributed by atoms with Crippen molar-refractivity contribution in [2.24, 2.45) is 11.3 Å². The van der Waals surface area contributed by atoms with Gasteiger partial charge >= 0.3 is 0 Å². The van der Waals surface area contributed by atoms with E-state index in [0.29, 0.717) is 11.3 Å². The fourth-order valence-corrected chi connectivity index (χ4v) is 3.03. The highest BCUT2D eigenvalue weighted by molar-refractivity contribution is 5.36. The maximum absolute atomic E-state index is 2.41. The number of aryl methyl sites for hydroxylation is 3. The first-order valence-electron chi connectivity index (χ1n) is 8.83. The molecule has 0 N–H and O–H groups in total. The van der Waals surface area contributed by atoms with E-state index in [1.165, 1.54) is 33.4 Å². The van der Waals surface area contributed by atoms with Gasteiger partial charge < -0.3 is 0 Å². The van der Waals surface area contributed by atoms with E-state index >= 15 is 0 Å². The third kappa shape index (κ3) is 4.70. The first-order valence-corrected chi connectivity index (χ1v) is 8.83. The molecule has 0 aliphatic rings. The molecule has 0 heteroatoms. The number of hydrogen-bond acceptors (Lipinski definition) is 0. The van der Waals surface area contributed by atoms with Crippen molar-refractivity contribution in [2.75, 3.05) is 0 Å². The molecule has 0 radical (unpaired) electrons. The molecule has 0 aromatic heterocycles. The maximum atomic E-state index is 2.41. The molecule has 0 unspecified atom stereocenters. The highest BCUT2D eigenvalue weighted by Gasteiger charge is 2.22. The molecule has 23 heavy (non-hydrogen) atoms. The highest BCUT2D eigenvalue weighted by atomic mass is 14.3. The largest absolute Gasteiger partial charge is 0.0623 e. The van der Waals surface area contributed by atoms with Gasteiger partial charge in [0.25, 0.3) is 0 Å². The summed E-state index contributed by atoms with van der Waals surface area (Å²) in [5.41, 5.74) is 8.79. The van der Waals surface area contributed by atoms with Crippen molar-refractivity contribution in [3.8, 4) is 0 Å². The molecule has 0 aliphatic heterocycles. The average molecular weight is 309 g/mol. The fraction of sp³-hybridized carbons (Fsp3) is 0.478. The lowest BCUT2D eigenvalue weighted by atomic mass is 9.76. The molecule has 2 aromatic rings. The van der Waals surface area contributed by atoms with E-state index in [2.05, 4.69) is 84.9 Å². The predicted octanol–water partition coefficient (Wildman–Crippen LogP) is 6.43. The third-order valence-electron chi connectivity index (χ3n) is 5.40. The molecule has 0 nitrogen and oxygen atoms in total. The van der Waals surface area contributed by atoms with Crippen LogP contribution in [-0.2, 0) is 12.8 Å². The van der Waals surface area contributed by atoms with Gasteiger partial charge in [-0.15, -0.1) is 0 Å². The van der Waals surface area contributed by atoms with Crippen molar-refractivity contribution in [3.05, 3.63) is 69.8 Å². The van der Waals surface area contributed by atoms with Crippen molar-refractivity contribution in [2.45, 2.75) is 61.3 Å². The van der Waals surface area contributed by atoms with Crippen LogP contribution in [0.5, 0.6) is 0 Å². The monoisotopic (exact) mass is 308 g/mol. The van der Waals surface area contributed by atoms with Gasteiger partial charge in [0.15, 0.2) is 0 Å². The summed E-state index contributed by atoms with van der Waals surface area (Å²) >= 11 is 0. The van der Waals surface area contributed by atoms with Gasteiger partial charge in [-0.05, 0) is 72.8 Å². The minimum atomic E-state index is 0.339. The van der Waals surface area contributed by atoms with Crippen LogP contribution in [0.25, 0.3) is 0 Å². The molecule has 124 valence electrons. The Morgan fingerprint density at radius 2 is 1.43 bits per heavy atom. The van der Waals surface area contributed by atoms with E-state index in [0.717, 1.165) is 12.8 Å². The van der Waals surface area contributed by atoms with Crippen LogP contribution in [0.3, 0.4) is 0 Å². The summed E-state index contributed by atoms with van der Waals surface area (Å²) in [5.74, 6) is 0.686. The Hall–Kier alpha value is -1.56. The van der Waals surface area contributed by atoms with Crippen LogP contribution >= 0.6 is 0 Å². The van der Waals surface area contributed by atoms with Gasteiger partial charge in [-0.1, -0.05) is 69.7 Å². The van der Waals surface area contributed by atoms with Crippen molar-refractivity contribution in [3.63, 3.8) is 0 Å². The second-order valence-corrected chi connectivity index (χ2v) is 8.24. The van der Waals surface area contributed by atoms with Crippen molar-refractivity contribution >= 4 is 0 Å². The van der Waals surface area contributed by atoms with Gasteiger partial charge in [0.1, 0.15) is 0 Å². The van der Waals surface area contributed by atoms with Gasteiger partial charge in [-0.25, -0.2) is 0 Å². The van der Waals surface area contributed by atoms with Crippen LogP contribution in [0.2, 0.25) is 0 Å². The van der Waals surface area contributed by atoms with Crippen LogP contribution < -0.4 is 0 Å². The van der Waals surface area contributed by atoms with Crippen molar-refractivity contribution < 1.29 is 0 Å². The Bertz CT molecular complexity index is 674. The predicted molar refractivity (Wildman–Crippen MR) is 102 cm³/mol. The molecule has 0 amide bonds. The Morgan fingerprint density at radius 3 is 2.04 bits per heavy atom. The lowest BCUT2D eigenvalue weighted by molar-refractivity contribution is 0.248. The Kier molecular flexibility index (Phi) is 5.34. The molecule has 0 aliphatic carbocycles. The zero-order valence-electron chi connectivity index (χ0n) is 16.0. The normalized spacial score (nSPS) is 12.0. The van der Waals surface area contributed by atoms with Crippen molar-refractivity contribution in [1.29, 1.82) is 0 Å². The fourth-order valence-electron chi connectivity index (χ4n) is 3.03. The van der Waals surface area contributed by atoms with Gasteiger partial charge in [-0.3, -0.25) is 0 Å². The summed E-state index contributed by atoms with van der Waals surface area (Å²) in [4.78, 5) is 0. The zero-order chi connectivity index (χ0) is 17.2. The molecular weight excluding hydrogens is 276 g/mol. The van der Waals surface area contributed by atoms with Crippen LogP contribution in [0.15, 0.2) is 36.4 Å². The maximum Gasteiger partial charge on any atom is -0.00255 e. The van der Waals surface area contributed by atoms with E-state index in [1.54, 1.807) is 0 Å². The molecular formula is C23H32. The van der Waals surface area contributed by atoms with E-state index in [-0.39, 0.29) is 0 Å². The van der Waals surface area contributed by atoms with Crippen LogP contribution in [0, 0.1) is 32.1 Å². The number of rotatable bonds is 5. The van der Waals surface area contributed by atoms with E-state index in [9.17, 15) is 0 Å². The van der Waals surface area contributed by atoms with E-state index in [4.69, 9.17) is 0 Å². The van der Waals surface area contributed by atoms with Gasteiger partial charge in [0.05, 0.1) is 0 Å². The zero-order valence-corrected chi connectivity index (χ0v) is 16.0. The Balaban J connectivity index is 2.25. The summed E-state index contributed by atoms with van der Waals surface area (Å²) in [6.45, 7) is 16.0. The van der Waals surface area contributed by atoms with E-state index in [1.807, 2.05) is 0 Å². The van der Waals surface area contributed by atoms with Crippen LogP contribution in [0.4, 0.5) is 0 Å².